The minimum Gasteiger partial charge on any atom is -0.481 e. The smallest absolute Gasteiger partial charge is 0.282 e. The van der Waals surface area contributed by atoms with E-state index < -0.39 is 0 Å². The molecule has 0 saturated heterocycles. The van der Waals surface area contributed by atoms with Crippen LogP contribution >= 0.6 is 11.6 Å². The zero-order valence-electron chi connectivity index (χ0n) is 5.54. The van der Waals surface area contributed by atoms with E-state index in [-0.39, 0.29) is 5.95 Å². The fourth-order valence-electron chi connectivity index (χ4n) is 1.00. The summed E-state index contributed by atoms with van der Waals surface area (Å²) in [5, 5.41) is 10.4. The molecule has 0 fully saturated rings. The van der Waals surface area contributed by atoms with E-state index in [2.05, 4.69) is 0 Å². The van der Waals surface area contributed by atoms with Crippen LogP contribution in [0.15, 0.2) is 28.7 Å². The molecule has 1 N–H and O–H groups in total. The van der Waals surface area contributed by atoms with Crippen molar-refractivity contribution < 1.29 is 9.52 Å². The Labute approximate surface area is 68.0 Å². The van der Waals surface area contributed by atoms with Crippen molar-refractivity contribution in [3.05, 3.63) is 29.3 Å². The number of halogens is 1. The van der Waals surface area contributed by atoms with Crippen molar-refractivity contribution >= 4 is 22.6 Å². The summed E-state index contributed by atoms with van der Waals surface area (Å²) in [5.41, 5.74) is 0.645. The molecule has 0 aliphatic heterocycles. The maximum Gasteiger partial charge on any atom is 0.282 e. The Morgan fingerprint density at radius 2 is 2.09 bits per heavy atom. The molecule has 0 spiro atoms. The highest BCUT2D eigenvalue weighted by atomic mass is 35.5. The maximum absolute atomic E-state index is 8.94. The van der Waals surface area contributed by atoms with Gasteiger partial charge in [-0.3, -0.25) is 0 Å². The Hall–Kier alpha value is -1.15. The summed E-state index contributed by atoms with van der Waals surface area (Å²) in [6.45, 7) is 0. The second kappa shape index (κ2) is 2.17. The first-order valence-electron chi connectivity index (χ1n) is 3.14. The second-order valence-corrected chi connectivity index (χ2v) is 2.70. The van der Waals surface area contributed by atoms with E-state index in [1.807, 2.05) is 0 Å². The summed E-state index contributed by atoms with van der Waals surface area (Å²) in [5.74, 6) is -0.0812. The van der Waals surface area contributed by atoms with Crippen LogP contribution in [0, 0.1) is 0 Å². The molecule has 0 aliphatic carbocycles. The average Bonchev–Trinajstić information content (AvgIpc) is 2.27. The summed E-state index contributed by atoms with van der Waals surface area (Å²) in [7, 11) is 0. The topological polar surface area (TPSA) is 33.4 Å². The van der Waals surface area contributed by atoms with Gasteiger partial charge in [-0.15, -0.1) is 0 Å². The van der Waals surface area contributed by atoms with Gasteiger partial charge in [-0.25, -0.2) is 0 Å². The number of rotatable bonds is 0. The highest BCUT2D eigenvalue weighted by Gasteiger charge is 2.00. The van der Waals surface area contributed by atoms with Gasteiger partial charge >= 0.3 is 0 Å². The molecule has 0 aliphatic rings. The molecule has 2 nitrogen and oxygen atoms in total. The van der Waals surface area contributed by atoms with Gasteiger partial charge in [-0.2, -0.15) is 0 Å². The molecule has 0 radical (unpaired) electrons. The molecule has 11 heavy (non-hydrogen) atoms. The second-order valence-electron chi connectivity index (χ2n) is 2.27. The molecule has 0 saturated carbocycles. The van der Waals surface area contributed by atoms with Crippen LogP contribution in [-0.4, -0.2) is 5.11 Å². The highest BCUT2D eigenvalue weighted by molar-refractivity contribution is 6.31. The number of aromatic hydroxyl groups is 1. The fraction of sp³-hybridized carbons (Fsp3) is 0. The predicted octanol–water partition coefficient (Wildman–Crippen LogP) is 2.79. The van der Waals surface area contributed by atoms with Crippen LogP contribution in [0.1, 0.15) is 0 Å². The van der Waals surface area contributed by atoms with Crippen molar-refractivity contribution in [2.45, 2.75) is 0 Å². The molecular formula is C8H5ClO2. The molecule has 1 aromatic carbocycles. The van der Waals surface area contributed by atoms with E-state index in [0.29, 0.717) is 10.6 Å². The first-order chi connectivity index (χ1) is 5.25. The average molecular weight is 169 g/mol. The molecular weight excluding hydrogens is 164 g/mol. The third-order valence-electron chi connectivity index (χ3n) is 1.47. The lowest BCUT2D eigenvalue weighted by Gasteiger charge is -1.86. The molecule has 1 aromatic heterocycles. The maximum atomic E-state index is 8.94. The van der Waals surface area contributed by atoms with Gasteiger partial charge < -0.3 is 9.52 Å². The van der Waals surface area contributed by atoms with E-state index >= 15 is 0 Å². The van der Waals surface area contributed by atoms with Crippen LogP contribution in [0.25, 0.3) is 11.0 Å². The Morgan fingerprint density at radius 1 is 1.27 bits per heavy atom. The molecule has 0 amide bonds. The monoisotopic (exact) mass is 168 g/mol. The fourth-order valence-corrected chi connectivity index (χ4v) is 1.18. The van der Waals surface area contributed by atoms with E-state index in [4.69, 9.17) is 21.1 Å². The van der Waals surface area contributed by atoms with Gasteiger partial charge in [0.2, 0.25) is 0 Å². The van der Waals surface area contributed by atoms with Gasteiger partial charge in [0, 0.05) is 16.5 Å². The van der Waals surface area contributed by atoms with E-state index in [9.17, 15) is 0 Å². The third kappa shape index (κ3) is 1.05. The zero-order valence-corrected chi connectivity index (χ0v) is 6.30. The summed E-state index contributed by atoms with van der Waals surface area (Å²) >= 11 is 5.70. The largest absolute Gasteiger partial charge is 0.481 e. The van der Waals surface area contributed by atoms with Crippen molar-refractivity contribution in [3.8, 4) is 5.95 Å². The lowest BCUT2D eigenvalue weighted by atomic mass is 10.3. The molecule has 0 unspecified atom stereocenters. The van der Waals surface area contributed by atoms with Gasteiger partial charge in [-0.05, 0) is 18.2 Å². The predicted molar refractivity (Wildman–Crippen MR) is 42.9 cm³/mol. The molecule has 3 heteroatoms. The lowest BCUT2D eigenvalue weighted by molar-refractivity contribution is 0.346. The number of fused-ring (bicyclic) bond motifs is 1. The number of furan rings is 1. The molecule has 56 valence electrons. The van der Waals surface area contributed by atoms with Gasteiger partial charge in [0.15, 0.2) is 0 Å². The normalized spacial score (nSPS) is 10.6. The Bertz CT molecular complexity index is 392. The zero-order chi connectivity index (χ0) is 7.84. The first-order valence-corrected chi connectivity index (χ1v) is 3.51. The third-order valence-corrected chi connectivity index (χ3v) is 1.70. The molecule has 2 aromatic rings. The number of hydrogen-bond acceptors (Lipinski definition) is 2. The van der Waals surface area contributed by atoms with Gasteiger partial charge in [0.25, 0.3) is 5.95 Å². The van der Waals surface area contributed by atoms with Crippen molar-refractivity contribution in [1.29, 1.82) is 0 Å². The minimum absolute atomic E-state index is 0.0812. The lowest BCUT2D eigenvalue weighted by Crippen LogP contribution is -1.62. The Balaban J connectivity index is 2.82. The number of benzene rings is 1. The van der Waals surface area contributed by atoms with E-state index in [1.165, 1.54) is 6.07 Å². The van der Waals surface area contributed by atoms with Crippen LogP contribution in [-0.2, 0) is 0 Å². The molecule has 0 bridgehead atoms. The Morgan fingerprint density at radius 3 is 2.91 bits per heavy atom. The van der Waals surface area contributed by atoms with Gasteiger partial charge in [0.1, 0.15) is 5.58 Å². The summed E-state index contributed by atoms with van der Waals surface area (Å²) in [6, 6.07) is 6.70. The van der Waals surface area contributed by atoms with E-state index in [0.717, 1.165) is 5.39 Å². The van der Waals surface area contributed by atoms with Crippen LogP contribution in [0.3, 0.4) is 0 Å². The van der Waals surface area contributed by atoms with Gasteiger partial charge in [-0.1, -0.05) is 11.6 Å². The molecule has 1 heterocycles. The van der Waals surface area contributed by atoms with Crippen molar-refractivity contribution in [1.82, 2.24) is 0 Å². The standard InChI is InChI=1S/C8H5ClO2/c9-6-1-2-7-5(3-6)4-8(10)11-7/h1-4,10H. The van der Waals surface area contributed by atoms with Crippen molar-refractivity contribution in [2.24, 2.45) is 0 Å². The SMILES string of the molecule is Oc1cc2cc(Cl)ccc2o1. The number of hydrogen-bond donors (Lipinski definition) is 1. The van der Waals surface area contributed by atoms with Crippen molar-refractivity contribution in [3.63, 3.8) is 0 Å². The van der Waals surface area contributed by atoms with Crippen LogP contribution in [0.5, 0.6) is 5.95 Å². The molecule has 2 rings (SSSR count). The summed E-state index contributed by atoms with van der Waals surface area (Å²) in [6.07, 6.45) is 0. The molecule has 0 atom stereocenters. The summed E-state index contributed by atoms with van der Waals surface area (Å²) < 4.78 is 4.92. The van der Waals surface area contributed by atoms with Crippen LogP contribution < -0.4 is 0 Å². The van der Waals surface area contributed by atoms with Crippen molar-refractivity contribution in [2.75, 3.05) is 0 Å². The summed E-state index contributed by atoms with van der Waals surface area (Å²) in [4.78, 5) is 0. The van der Waals surface area contributed by atoms with Crippen LogP contribution in [0.4, 0.5) is 0 Å². The first kappa shape index (κ1) is 6.55. The quantitative estimate of drug-likeness (QED) is 0.656. The minimum atomic E-state index is -0.0812. The van der Waals surface area contributed by atoms with Crippen LogP contribution in [0.2, 0.25) is 5.02 Å². The van der Waals surface area contributed by atoms with E-state index in [1.54, 1.807) is 18.2 Å². The van der Waals surface area contributed by atoms with Gasteiger partial charge in [0.05, 0.1) is 0 Å². The Kier molecular flexibility index (Phi) is 1.29. The highest BCUT2D eigenvalue weighted by Crippen LogP contribution is 2.25.